The van der Waals surface area contributed by atoms with E-state index in [2.05, 4.69) is 20.3 Å². The highest BCUT2D eigenvalue weighted by Crippen LogP contribution is 2.29. The Morgan fingerprint density at radius 2 is 1.87 bits per heavy atom. The number of benzene rings is 1. The van der Waals surface area contributed by atoms with Gasteiger partial charge in [0, 0.05) is 19.2 Å². The molecule has 30 heavy (non-hydrogen) atoms. The molecule has 1 aromatic carbocycles. The summed E-state index contributed by atoms with van der Waals surface area (Å²) in [6, 6.07) is 7.40. The molecule has 0 radical (unpaired) electrons. The van der Waals surface area contributed by atoms with Gasteiger partial charge in [-0.15, -0.1) is 0 Å². The van der Waals surface area contributed by atoms with E-state index in [4.69, 9.17) is 4.74 Å². The van der Waals surface area contributed by atoms with Gasteiger partial charge < -0.3 is 20.1 Å². The number of carboxylic acid groups (broad SMARTS) is 1. The number of aliphatic carboxylic acids is 1. The lowest BCUT2D eigenvalue weighted by molar-refractivity contribution is -0.137. The molecule has 1 aliphatic heterocycles. The van der Waals surface area contributed by atoms with Crippen molar-refractivity contribution in [1.82, 2.24) is 19.5 Å². The summed E-state index contributed by atoms with van der Waals surface area (Å²) in [7, 11) is 0. The Balaban J connectivity index is 1.87. The Hall–Kier alpha value is -3.34. The standard InChI is InChI=1S/C19H20F2N6O3/c1-11(18(28)29)22-19-24-14(26-6-8-30-9-7-26)10-15(25-19)27-13-5-3-2-4-12(13)23-17(27)16(20)21/h2-5,10-11,16H,6-9H2,1H3,(H,28,29)(H,22,24,25)/t11-/m0/s1. The summed E-state index contributed by atoms with van der Waals surface area (Å²) in [5.74, 6) is -0.836. The number of rotatable bonds is 6. The van der Waals surface area contributed by atoms with Gasteiger partial charge in [-0.1, -0.05) is 12.1 Å². The van der Waals surface area contributed by atoms with Crippen LogP contribution < -0.4 is 10.2 Å². The van der Waals surface area contributed by atoms with Gasteiger partial charge in [0.15, 0.2) is 5.82 Å². The number of hydrogen-bond acceptors (Lipinski definition) is 7. The number of para-hydroxylation sites is 2. The van der Waals surface area contributed by atoms with Crippen LogP contribution in [0.4, 0.5) is 20.5 Å². The van der Waals surface area contributed by atoms with E-state index in [0.29, 0.717) is 43.2 Å². The number of hydrogen-bond donors (Lipinski definition) is 2. The number of alkyl halides is 2. The summed E-state index contributed by atoms with van der Waals surface area (Å²) in [5.41, 5.74) is 0.879. The number of anilines is 2. The summed E-state index contributed by atoms with van der Waals surface area (Å²) in [4.78, 5) is 26.0. The van der Waals surface area contributed by atoms with Gasteiger partial charge in [0.2, 0.25) is 5.95 Å². The fraction of sp³-hybridized carbons (Fsp3) is 0.368. The maximum Gasteiger partial charge on any atom is 0.325 e. The second-order valence-electron chi connectivity index (χ2n) is 6.81. The molecule has 11 heteroatoms. The van der Waals surface area contributed by atoms with Crippen LogP contribution in [-0.4, -0.2) is 62.9 Å². The molecule has 4 rings (SSSR count). The predicted octanol–water partition coefficient (Wildman–Crippen LogP) is 2.47. The van der Waals surface area contributed by atoms with Crippen molar-refractivity contribution < 1.29 is 23.4 Å². The highest BCUT2D eigenvalue weighted by molar-refractivity contribution is 5.78. The largest absolute Gasteiger partial charge is 0.480 e. The molecule has 3 aromatic rings. The fourth-order valence-electron chi connectivity index (χ4n) is 3.24. The minimum Gasteiger partial charge on any atom is -0.480 e. The summed E-state index contributed by atoms with van der Waals surface area (Å²) in [6.45, 7) is 3.59. The van der Waals surface area contributed by atoms with Crippen LogP contribution in [-0.2, 0) is 9.53 Å². The molecule has 0 saturated carbocycles. The van der Waals surface area contributed by atoms with E-state index >= 15 is 0 Å². The van der Waals surface area contributed by atoms with Crippen molar-refractivity contribution in [2.45, 2.75) is 19.4 Å². The van der Waals surface area contributed by atoms with E-state index < -0.39 is 24.3 Å². The third kappa shape index (κ3) is 3.88. The fourth-order valence-corrected chi connectivity index (χ4v) is 3.24. The lowest BCUT2D eigenvalue weighted by atomic mass is 10.3. The molecular formula is C19H20F2N6O3. The van der Waals surface area contributed by atoms with E-state index in [1.54, 1.807) is 30.3 Å². The molecule has 0 unspecified atom stereocenters. The molecule has 1 aliphatic rings. The highest BCUT2D eigenvalue weighted by atomic mass is 19.3. The summed E-state index contributed by atoms with van der Waals surface area (Å²) < 4.78 is 34.2. The van der Waals surface area contributed by atoms with Gasteiger partial charge in [0.1, 0.15) is 17.7 Å². The van der Waals surface area contributed by atoms with E-state index in [1.807, 2.05) is 4.90 Å². The van der Waals surface area contributed by atoms with Crippen LogP contribution in [0.3, 0.4) is 0 Å². The van der Waals surface area contributed by atoms with Crippen molar-refractivity contribution in [3.05, 3.63) is 36.2 Å². The number of imidazole rings is 1. The average Bonchev–Trinajstić information content (AvgIpc) is 3.14. The number of aromatic nitrogens is 4. The van der Waals surface area contributed by atoms with Crippen molar-refractivity contribution in [2.75, 3.05) is 36.5 Å². The first kappa shape index (κ1) is 20.0. The van der Waals surface area contributed by atoms with Gasteiger partial charge in [-0.05, 0) is 19.1 Å². The van der Waals surface area contributed by atoms with Crippen molar-refractivity contribution in [2.24, 2.45) is 0 Å². The molecule has 0 spiro atoms. The second-order valence-corrected chi connectivity index (χ2v) is 6.81. The normalized spacial score (nSPS) is 15.5. The van der Waals surface area contributed by atoms with Crippen LogP contribution in [0.1, 0.15) is 19.2 Å². The highest BCUT2D eigenvalue weighted by Gasteiger charge is 2.24. The molecule has 9 nitrogen and oxygen atoms in total. The van der Waals surface area contributed by atoms with E-state index in [9.17, 15) is 18.7 Å². The monoisotopic (exact) mass is 418 g/mol. The number of ether oxygens (including phenoxy) is 1. The molecule has 3 heterocycles. The summed E-state index contributed by atoms with van der Waals surface area (Å²) in [6.07, 6.45) is -2.83. The molecule has 158 valence electrons. The molecule has 2 N–H and O–H groups in total. The third-order valence-electron chi connectivity index (χ3n) is 4.76. The number of morpholine rings is 1. The Morgan fingerprint density at radius 3 is 2.57 bits per heavy atom. The van der Waals surface area contributed by atoms with Gasteiger partial charge in [0.05, 0.1) is 24.2 Å². The minimum absolute atomic E-state index is 0.0295. The summed E-state index contributed by atoms with van der Waals surface area (Å²) >= 11 is 0. The van der Waals surface area contributed by atoms with Crippen molar-refractivity contribution in [1.29, 1.82) is 0 Å². The first-order valence-electron chi connectivity index (χ1n) is 9.41. The Labute approximate surface area is 170 Å². The maximum absolute atomic E-state index is 13.8. The van der Waals surface area contributed by atoms with Crippen molar-refractivity contribution in [3.8, 4) is 5.82 Å². The van der Waals surface area contributed by atoms with Crippen LogP contribution in [0.25, 0.3) is 16.9 Å². The smallest absolute Gasteiger partial charge is 0.325 e. The van der Waals surface area contributed by atoms with Gasteiger partial charge in [0.25, 0.3) is 6.43 Å². The summed E-state index contributed by atoms with van der Waals surface area (Å²) in [5, 5.41) is 11.9. The van der Waals surface area contributed by atoms with Gasteiger partial charge in [-0.25, -0.2) is 13.8 Å². The molecular weight excluding hydrogens is 398 g/mol. The molecule has 2 aromatic heterocycles. The SMILES string of the molecule is C[C@H](Nc1nc(N2CCOCC2)cc(-n2c(C(F)F)nc3ccccc32)n1)C(=O)O. The predicted molar refractivity (Wildman–Crippen MR) is 105 cm³/mol. The van der Waals surface area contributed by atoms with E-state index in [1.165, 1.54) is 11.5 Å². The molecule has 0 aliphatic carbocycles. The average molecular weight is 418 g/mol. The maximum atomic E-state index is 13.8. The second kappa shape index (κ2) is 8.19. The van der Waals surface area contributed by atoms with Crippen molar-refractivity contribution >= 4 is 28.8 Å². The molecule has 1 saturated heterocycles. The van der Waals surface area contributed by atoms with Crippen LogP contribution in [0.2, 0.25) is 0 Å². The Morgan fingerprint density at radius 1 is 1.17 bits per heavy atom. The first-order chi connectivity index (χ1) is 14.4. The molecule has 0 bridgehead atoms. The number of carboxylic acids is 1. The number of halogens is 2. The zero-order valence-electron chi connectivity index (χ0n) is 16.1. The molecule has 1 atom stereocenters. The zero-order chi connectivity index (χ0) is 21.3. The Bertz CT molecular complexity index is 1070. The number of nitrogens with one attached hydrogen (secondary N) is 1. The Kier molecular flexibility index (Phi) is 5.44. The third-order valence-corrected chi connectivity index (χ3v) is 4.76. The number of carbonyl (C=O) groups is 1. The van der Waals surface area contributed by atoms with Crippen LogP contribution >= 0.6 is 0 Å². The van der Waals surface area contributed by atoms with Crippen LogP contribution in [0.5, 0.6) is 0 Å². The van der Waals surface area contributed by atoms with Crippen LogP contribution in [0.15, 0.2) is 30.3 Å². The lowest BCUT2D eigenvalue weighted by Crippen LogP contribution is -2.37. The zero-order valence-corrected chi connectivity index (χ0v) is 16.1. The van der Waals surface area contributed by atoms with E-state index in [-0.39, 0.29) is 11.8 Å². The number of nitrogens with zero attached hydrogens (tertiary/aromatic N) is 5. The molecule has 1 fully saturated rings. The topological polar surface area (TPSA) is 105 Å². The van der Waals surface area contributed by atoms with Gasteiger partial charge in [-0.3, -0.25) is 9.36 Å². The minimum atomic E-state index is -2.83. The van der Waals surface area contributed by atoms with E-state index in [0.717, 1.165) is 0 Å². The molecule has 0 amide bonds. The number of fused-ring (bicyclic) bond motifs is 1. The quantitative estimate of drug-likeness (QED) is 0.629. The van der Waals surface area contributed by atoms with Crippen molar-refractivity contribution in [3.63, 3.8) is 0 Å². The lowest BCUT2D eigenvalue weighted by Gasteiger charge is -2.28. The van der Waals surface area contributed by atoms with Gasteiger partial charge in [-0.2, -0.15) is 9.97 Å². The van der Waals surface area contributed by atoms with Gasteiger partial charge >= 0.3 is 5.97 Å². The van der Waals surface area contributed by atoms with Crippen LogP contribution in [0, 0.1) is 0 Å². The first-order valence-corrected chi connectivity index (χ1v) is 9.41.